The predicted molar refractivity (Wildman–Crippen MR) is 97.5 cm³/mol. The molecule has 1 N–H and O–H groups in total. The molecule has 144 valence electrons. The van der Waals surface area contributed by atoms with Gasteiger partial charge in [-0.1, -0.05) is 25.7 Å². The summed E-state index contributed by atoms with van der Waals surface area (Å²) in [6.07, 6.45) is 7.88. The van der Waals surface area contributed by atoms with Crippen LogP contribution in [-0.4, -0.2) is 38.4 Å². The maximum absolute atomic E-state index is 13.0. The van der Waals surface area contributed by atoms with Crippen LogP contribution in [-0.2, 0) is 14.8 Å². The van der Waals surface area contributed by atoms with Crippen LogP contribution in [0.4, 0.5) is 4.39 Å². The van der Waals surface area contributed by atoms with Crippen LogP contribution in [0.5, 0.6) is 0 Å². The van der Waals surface area contributed by atoms with Crippen molar-refractivity contribution in [1.82, 2.24) is 9.62 Å². The molecule has 1 amide bonds. The summed E-state index contributed by atoms with van der Waals surface area (Å²) in [5.41, 5.74) is 0. The molecule has 2 fully saturated rings. The Bertz CT molecular complexity index is 707. The van der Waals surface area contributed by atoms with E-state index in [1.807, 2.05) is 4.90 Å². The zero-order valence-corrected chi connectivity index (χ0v) is 15.8. The van der Waals surface area contributed by atoms with Crippen LogP contribution >= 0.6 is 0 Å². The molecule has 1 aliphatic heterocycles. The van der Waals surface area contributed by atoms with Gasteiger partial charge >= 0.3 is 0 Å². The smallest absolute Gasteiger partial charge is 0.240 e. The fraction of sp³-hybridized carbons (Fsp3) is 0.632. The van der Waals surface area contributed by atoms with Crippen LogP contribution in [0.15, 0.2) is 29.2 Å². The number of nitrogens with one attached hydrogen (secondary N) is 1. The van der Waals surface area contributed by atoms with Crippen molar-refractivity contribution in [3.05, 3.63) is 30.1 Å². The lowest BCUT2D eigenvalue weighted by atomic mass is 10.0. The average Bonchev–Trinajstić information content (AvgIpc) is 3.14. The van der Waals surface area contributed by atoms with Gasteiger partial charge in [0, 0.05) is 25.6 Å². The Morgan fingerprint density at radius 3 is 2.31 bits per heavy atom. The highest BCUT2D eigenvalue weighted by Gasteiger charge is 2.27. The predicted octanol–water partition coefficient (Wildman–Crippen LogP) is 3.07. The highest BCUT2D eigenvalue weighted by Crippen LogP contribution is 2.29. The second-order valence-electron chi connectivity index (χ2n) is 7.42. The van der Waals surface area contributed by atoms with E-state index in [2.05, 4.69) is 4.72 Å². The third-order valence-electron chi connectivity index (χ3n) is 5.53. The van der Waals surface area contributed by atoms with E-state index in [9.17, 15) is 17.6 Å². The van der Waals surface area contributed by atoms with E-state index >= 15 is 0 Å². The lowest BCUT2D eigenvalue weighted by Crippen LogP contribution is -2.46. The minimum Gasteiger partial charge on any atom is -0.343 e. The molecule has 0 bridgehead atoms. The number of piperidine rings is 1. The summed E-state index contributed by atoms with van der Waals surface area (Å²) < 4.78 is 40.4. The zero-order valence-electron chi connectivity index (χ0n) is 15.0. The number of carbonyl (C=O) groups excluding carboxylic acids is 1. The Morgan fingerprint density at radius 2 is 1.69 bits per heavy atom. The van der Waals surface area contributed by atoms with Gasteiger partial charge in [0.1, 0.15) is 5.82 Å². The van der Waals surface area contributed by atoms with Gasteiger partial charge in [-0.15, -0.1) is 0 Å². The average molecular weight is 383 g/mol. The highest BCUT2D eigenvalue weighted by atomic mass is 32.2. The molecule has 0 spiro atoms. The van der Waals surface area contributed by atoms with Crippen molar-refractivity contribution in [2.24, 2.45) is 5.92 Å². The number of likely N-dealkylation sites (tertiary alicyclic amines) is 1. The summed E-state index contributed by atoms with van der Waals surface area (Å²) in [4.78, 5) is 14.3. The van der Waals surface area contributed by atoms with Crippen molar-refractivity contribution in [2.75, 3.05) is 13.1 Å². The van der Waals surface area contributed by atoms with E-state index < -0.39 is 15.8 Å². The minimum absolute atomic E-state index is 0.0639. The molecule has 0 radical (unpaired) electrons. The topological polar surface area (TPSA) is 66.5 Å². The summed E-state index contributed by atoms with van der Waals surface area (Å²) in [7, 11) is -3.66. The lowest BCUT2D eigenvalue weighted by Gasteiger charge is -2.32. The van der Waals surface area contributed by atoms with Gasteiger partial charge in [-0.05, 0) is 49.4 Å². The Balaban J connectivity index is 1.45. The first-order chi connectivity index (χ1) is 12.4. The Morgan fingerprint density at radius 1 is 1.08 bits per heavy atom. The van der Waals surface area contributed by atoms with Gasteiger partial charge in [-0.3, -0.25) is 4.79 Å². The van der Waals surface area contributed by atoms with Crippen LogP contribution in [0.2, 0.25) is 0 Å². The fourth-order valence-corrected chi connectivity index (χ4v) is 5.24. The lowest BCUT2D eigenvalue weighted by molar-refractivity contribution is -0.132. The first kappa shape index (κ1) is 19.3. The van der Waals surface area contributed by atoms with E-state index in [0.29, 0.717) is 38.3 Å². The molecule has 1 saturated carbocycles. The van der Waals surface area contributed by atoms with E-state index in [4.69, 9.17) is 0 Å². The van der Waals surface area contributed by atoms with Gasteiger partial charge in [0.15, 0.2) is 0 Å². The maximum Gasteiger partial charge on any atom is 0.240 e. The molecule has 0 atom stereocenters. The molecule has 0 unspecified atom stereocenters. The highest BCUT2D eigenvalue weighted by molar-refractivity contribution is 7.89. The summed E-state index contributed by atoms with van der Waals surface area (Å²) in [6.45, 7) is 1.17. The molecular formula is C19H27FN2O3S. The van der Waals surface area contributed by atoms with Crippen LogP contribution in [0, 0.1) is 11.7 Å². The van der Waals surface area contributed by atoms with Gasteiger partial charge in [-0.2, -0.15) is 0 Å². The second kappa shape index (κ2) is 8.48. The third-order valence-corrected chi connectivity index (χ3v) is 7.07. The maximum atomic E-state index is 13.0. The standard InChI is InChI=1S/C19H27FN2O3S/c20-16-6-8-18(9-7-16)26(24,25)21-17-11-13-22(14-12-17)19(23)10-5-15-3-1-2-4-15/h6-9,15,17,21H,1-5,10-14H2. The van der Waals surface area contributed by atoms with Crippen molar-refractivity contribution in [1.29, 1.82) is 0 Å². The molecule has 1 saturated heterocycles. The van der Waals surface area contributed by atoms with Crippen molar-refractivity contribution >= 4 is 15.9 Å². The summed E-state index contributed by atoms with van der Waals surface area (Å²) in [5, 5.41) is 0. The first-order valence-corrected chi connectivity index (χ1v) is 11.0. The molecule has 0 aromatic heterocycles. The number of halogens is 1. The quantitative estimate of drug-likeness (QED) is 0.822. The summed E-state index contributed by atoms with van der Waals surface area (Å²) in [5.74, 6) is 0.434. The number of carbonyl (C=O) groups is 1. The van der Waals surface area contributed by atoms with Crippen molar-refractivity contribution < 1.29 is 17.6 Å². The number of sulfonamides is 1. The normalized spacial score (nSPS) is 19.8. The molecule has 26 heavy (non-hydrogen) atoms. The zero-order chi connectivity index (χ0) is 18.6. The number of rotatable bonds is 6. The second-order valence-corrected chi connectivity index (χ2v) is 9.13. The van der Waals surface area contributed by atoms with Crippen LogP contribution in [0.3, 0.4) is 0 Å². The van der Waals surface area contributed by atoms with Crippen LogP contribution in [0.25, 0.3) is 0 Å². The molecule has 5 nitrogen and oxygen atoms in total. The molecular weight excluding hydrogens is 355 g/mol. The van der Waals surface area contributed by atoms with E-state index in [0.717, 1.165) is 18.6 Å². The van der Waals surface area contributed by atoms with Gasteiger partial charge < -0.3 is 4.90 Å². The number of hydrogen-bond acceptors (Lipinski definition) is 3. The molecule has 1 heterocycles. The molecule has 1 aromatic rings. The Hall–Kier alpha value is -1.47. The number of benzene rings is 1. The Kier molecular flexibility index (Phi) is 6.29. The van der Waals surface area contributed by atoms with E-state index in [1.165, 1.54) is 37.8 Å². The van der Waals surface area contributed by atoms with Crippen molar-refractivity contribution in [2.45, 2.75) is 62.3 Å². The molecule has 7 heteroatoms. The van der Waals surface area contributed by atoms with E-state index in [1.54, 1.807) is 0 Å². The van der Waals surface area contributed by atoms with Gasteiger partial charge in [0.25, 0.3) is 0 Å². The first-order valence-electron chi connectivity index (χ1n) is 9.50. The van der Waals surface area contributed by atoms with Crippen LogP contribution in [0.1, 0.15) is 51.4 Å². The van der Waals surface area contributed by atoms with Crippen molar-refractivity contribution in [3.8, 4) is 0 Å². The Labute approximate surface area is 155 Å². The molecule has 3 rings (SSSR count). The molecule has 2 aliphatic rings. The SMILES string of the molecule is O=C(CCC1CCCC1)N1CCC(NS(=O)(=O)c2ccc(F)cc2)CC1. The monoisotopic (exact) mass is 382 g/mol. The van der Waals surface area contributed by atoms with Crippen LogP contribution < -0.4 is 4.72 Å². The minimum atomic E-state index is -3.66. The van der Waals surface area contributed by atoms with Gasteiger partial charge in [-0.25, -0.2) is 17.5 Å². The fourth-order valence-electron chi connectivity index (χ4n) is 3.93. The van der Waals surface area contributed by atoms with Crippen molar-refractivity contribution in [3.63, 3.8) is 0 Å². The largest absolute Gasteiger partial charge is 0.343 e. The number of amides is 1. The number of hydrogen-bond donors (Lipinski definition) is 1. The van der Waals surface area contributed by atoms with Gasteiger partial charge in [0.2, 0.25) is 15.9 Å². The summed E-state index contributed by atoms with van der Waals surface area (Å²) in [6, 6.07) is 4.61. The molecule has 1 aliphatic carbocycles. The third kappa shape index (κ3) is 5.04. The number of nitrogens with zero attached hydrogens (tertiary/aromatic N) is 1. The van der Waals surface area contributed by atoms with E-state index in [-0.39, 0.29) is 16.8 Å². The summed E-state index contributed by atoms with van der Waals surface area (Å²) >= 11 is 0. The van der Waals surface area contributed by atoms with Gasteiger partial charge in [0.05, 0.1) is 4.90 Å². The molecule has 1 aromatic carbocycles.